The molecule has 1 aromatic heterocycles. The van der Waals surface area contributed by atoms with Crippen LogP contribution in [0.1, 0.15) is 30.4 Å². The SMILES string of the molecule is CCCNCc1cc(CN2CCSCC2)c(C)o1. The lowest BCUT2D eigenvalue weighted by atomic mass is 10.2. The van der Waals surface area contributed by atoms with Crippen LogP contribution in [0.5, 0.6) is 0 Å². The van der Waals surface area contributed by atoms with Gasteiger partial charge in [-0.05, 0) is 26.0 Å². The lowest BCUT2D eigenvalue weighted by molar-refractivity contribution is 0.292. The fourth-order valence-corrected chi connectivity index (χ4v) is 3.20. The van der Waals surface area contributed by atoms with Gasteiger partial charge in [-0.1, -0.05) is 6.92 Å². The third-order valence-electron chi connectivity index (χ3n) is 3.30. The van der Waals surface area contributed by atoms with Crippen molar-refractivity contribution in [3.63, 3.8) is 0 Å². The van der Waals surface area contributed by atoms with Gasteiger partial charge in [0.15, 0.2) is 0 Å². The van der Waals surface area contributed by atoms with E-state index in [1.807, 2.05) is 0 Å². The number of nitrogens with one attached hydrogen (secondary N) is 1. The quantitative estimate of drug-likeness (QED) is 0.803. The van der Waals surface area contributed by atoms with Gasteiger partial charge >= 0.3 is 0 Å². The number of nitrogens with zero attached hydrogens (tertiary/aromatic N) is 1. The topological polar surface area (TPSA) is 28.4 Å². The summed E-state index contributed by atoms with van der Waals surface area (Å²) in [5.41, 5.74) is 1.36. The fraction of sp³-hybridized carbons (Fsp3) is 0.714. The van der Waals surface area contributed by atoms with Crippen LogP contribution in [0.15, 0.2) is 10.5 Å². The van der Waals surface area contributed by atoms with E-state index < -0.39 is 0 Å². The largest absolute Gasteiger partial charge is 0.465 e. The summed E-state index contributed by atoms with van der Waals surface area (Å²) in [6, 6.07) is 2.22. The van der Waals surface area contributed by atoms with E-state index in [9.17, 15) is 0 Å². The second kappa shape index (κ2) is 7.22. The number of furan rings is 1. The van der Waals surface area contributed by atoms with Crippen LogP contribution in [0.3, 0.4) is 0 Å². The highest BCUT2D eigenvalue weighted by molar-refractivity contribution is 7.99. The number of hydrogen-bond acceptors (Lipinski definition) is 4. The van der Waals surface area contributed by atoms with Crippen LogP contribution in [-0.2, 0) is 13.1 Å². The zero-order valence-electron chi connectivity index (χ0n) is 11.5. The normalized spacial score (nSPS) is 17.2. The minimum absolute atomic E-state index is 0.852. The zero-order valence-corrected chi connectivity index (χ0v) is 12.3. The summed E-state index contributed by atoms with van der Waals surface area (Å²) in [6.45, 7) is 9.63. The average molecular weight is 268 g/mol. The van der Waals surface area contributed by atoms with Crippen molar-refractivity contribution in [2.24, 2.45) is 0 Å². The Bertz CT molecular complexity index is 359. The molecule has 1 fully saturated rings. The van der Waals surface area contributed by atoms with Crippen LogP contribution in [0, 0.1) is 6.92 Å². The molecule has 0 spiro atoms. The maximum atomic E-state index is 5.81. The van der Waals surface area contributed by atoms with Gasteiger partial charge in [0, 0.05) is 36.7 Å². The summed E-state index contributed by atoms with van der Waals surface area (Å²) >= 11 is 2.06. The summed E-state index contributed by atoms with van der Waals surface area (Å²) in [7, 11) is 0. The number of hydrogen-bond donors (Lipinski definition) is 1. The van der Waals surface area contributed by atoms with Gasteiger partial charge in [-0.3, -0.25) is 4.90 Å². The second-order valence-electron chi connectivity index (χ2n) is 4.86. The van der Waals surface area contributed by atoms with Crippen molar-refractivity contribution >= 4 is 11.8 Å². The van der Waals surface area contributed by atoms with E-state index >= 15 is 0 Å². The molecule has 1 saturated heterocycles. The van der Waals surface area contributed by atoms with Crippen LogP contribution < -0.4 is 5.32 Å². The molecule has 0 unspecified atom stereocenters. The standard InChI is InChI=1S/C14H24N2OS/c1-3-4-15-10-14-9-13(12(2)17-14)11-16-5-7-18-8-6-16/h9,15H,3-8,10-11H2,1-2H3. The molecule has 1 aliphatic rings. The minimum Gasteiger partial charge on any atom is -0.465 e. The van der Waals surface area contributed by atoms with Crippen molar-refractivity contribution in [1.82, 2.24) is 10.2 Å². The first-order chi connectivity index (χ1) is 8.79. The molecule has 0 aliphatic carbocycles. The molecule has 3 nitrogen and oxygen atoms in total. The monoisotopic (exact) mass is 268 g/mol. The zero-order chi connectivity index (χ0) is 12.8. The molecule has 0 bridgehead atoms. The molecular formula is C14H24N2OS. The van der Waals surface area contributed by atoms with Crippen molar-refractivity contribution in [1.29, 1.82) is 0 Å². The predicted molar refractivity (Wildman–Crippen MR) is 78.0 cm³/mol. The van der Waals surface area contributed by atoms with E-state index in [2.05, 4.69) is 41.9 Å². The molecule has 0 atom stereocenters. The molecule has 2 rings (SSSR count). The van der Waals surface area contributed by atoms with Crippen LogP contribution in [0.2, 0.25) is 0 Å². The first-order valence-corrected chi connectivity index (χ1v) is 8.04. The predicted octanol–water partition coefficient (Wildman–Crippen LogP) is 2.64. The molecule has 18 heavy (non-hydrogen) atoms. The summed E-state index contributed by atoms with van der Waals surface area (Å²) < 4.78 is 5.81. The highest BCUT2D eigenvalue weighted by Crippen LogP contribution is 2.19. The molecule has 0 aromatic carbocycles. The Labute approximate surface area is 114 Å². The van der Waals surface area contributed by atoms with Gasteiger partial charge < -0.3 is 9.73 Å². The molecular weight excluding hydrogens is 244 g/mol. The van der Waals surface area contributed by atoms with E-state index in [-0.39, 0.29) is 0 Å². The molecule has 0 saturated carbocycles. The molecule has 102 valence electrons. The molecule has 2 heterocycles. The van der Waals surface area contributed by atoms with Crippen LogP contribution in [-0.4, -0.2) is 36.0 Å². The Morgan fingerprint density at radius 2 is 2.17 bits per heavy atom. The van der Waals surface area contributed by atoms with Gasteiger partial charge in [-0.15, -0.1) is 0 Å². The Balaban J connectivity index is 1.87. The van der Waals surface area contributed by atoms with Crippen molar-refractivity contribution in [3.05, 3.63) is 23.2 Å². The second-order valence-corrected chi connectivity index (χ2v) is 6.08. The Morgan fingerprint density at radius 3 is 2.89 bits per heavy atom. The van der Waals surface area contributed by atoms with Gasteiger partial charge in [0.25, 0.3) is 0 Å². The molecule has 1 N–H and O–H groups in total. The van der Waals surface area contributed by atoms with E-state index in [4.69, 9.17) is 4.42 Å². The van der Waals surface area contributed by atoms with E-state index in [1.54, 1.807) is 0 Å². The molecule has 4 heteroatoms. The van der Waals surface area contributed by atoms with Crippen molar-refractivity contribution in [2.75, 3.05) is 31.1 Å². The van der Waals surface area contributed by atoms with Crippen LogP contribution in [0.25, 0.3) is 0 Å². The van der Waals surface area contributed by atoms with E-state index in [0.29, 0.717) is 0 Å². The van der Waals surface area contributed by atoms with Gasteiger partial charge in [0.1, 0.15) is 11.5 Å². The summed E-state index contributed by atoms with van der Waals surface area (Å²) in [4.78, 5) is 2.53. The maximum absolute atomic E-state index is 5.81. The van der Waals surface area contributed by atoms with E-state index in [0.717, 1.165) is 37.6 Å². The molecule has 0 radical (unpaired) electrons. The minimum atomic E-state index is 0.852. The van der Waals surface area contributed by atoms with Gasteiger partial charge in [0.2, 0.25) is 0 Å². The smallest absolute Gasteiger partial charge is 0.118 e. The highest BCUT2D eigenvalue weighted by Gasteiger charge is 2.14. The first kappa shape index (κ1) is 14.0. The summed E-state index contributed by atoms with van der Waals surface area (Å²) in [5.74, 6) is 4.69. The lowest BCUT2D eigenvalue weighted by Crippen LogP contribution is -2.32. The van der Waals surface area contributed by atoms with Crippen molar-refractivity contribution in [3.8, 4) is 0 Å². The summed E-state index contributed by atoms with van der Waals surface area (Å²) in [6.07, 6.45) is 1.16. The molecule has 1 aromatic rings. The average Bonchev–Trinajstić information content (AvgIpc) is 2.72. The van der Waals surface area contributed by atoms with Crippen LogP contribution >= 0.6 is 11.8 Å². The van der Waals surface area contributed by atoms with Crippen molar-refractivity contribution in [2.45, 2.75) is 33.4 Å². The Hall–Kier alpha value is -0.450. The Kier molecular flexibility index (Phi) is 5.60. The number of rotatable bonds is 6. The van der Waals surface area contributed by atoms with Crippen LogP contribution in [0.4, 0.5) is 0 Å². The molecule has 0 amide bonds. The maximum Gasteiger partial charge on any atom is 0.118 e. The summed E-state index contributed by atoms with van der Waals surface area (Å²) in [5, 5.41) is 3.38. The lowest BCUT2D eigenvalue weighted by Gasteiger charge is -2.25. The third kappa shape index (κ3) is 4.04. The highest BCUT2D eigenvalue weighted by atomic mass is 32.2. The number of aryl methyl sites for hydroxylation is 1. The number of thioether (sulfide) groups is 1. The fourth-order valence-electron chi connectivity index (χ4n) is 2.22. The third-order valence-corrected chi connectivity index (χ3v) is 4.24. The van der Waals surface area contributed by atoms with Gasteiger partial charge in [-0.2, -0.15) is 11.8 Å². The first-order valence-electron chi connectivity index (χ1n) is 6.88. The Morgan fingerprint density at radius 1 is 1.39 bits per heavy atom. The van der Waals surface area contributed by atoms with Gasteiger partial charge in [0.05, 0.1) is 6.54 Å². The molecule has 1 aliphatic heterocycles. The van der Waals surface area contributed by atoms with Gasteiger partial charge in [-0.25, -0.2) is 0 Å². The van der Waals surface area contributed by atoms with Crippen molar-refractivity contribution < 1.29 is 4.42 Å². The van der Waals surface area contributed by atoms with E-state index in [1.165, 1.54) is 30.2 Å².